The van der Waals surface area contributed by atoms with E-state index in [9.17, 15) is 4.79 Å². The maximum atomic E-state index is 11.6. The number of aromatic nitrogens is 3. The molecule has 19 heavy (non-hydrogen) atoms. The van der Waals surface area contributed by atoms with Gasteiger partial charge in [0, 0.05) is 0 Å². The van der Waals surface area contributed by atoms with Gasteiger partial charge in [-0.25, -0.2) is 14.5 Å². The zero-order valence-corrected chi connectivity index (χ0v) is 10.7. The third-order valence-corrected chi connectivity index (χ3v) is 2.52. The molecule has 1 aromatic heterocycles. The molecule has 0 atom stereocenters. The van der Waals surface area contributed by atoms with Crippen molar-refractivity contribution < 1.29 is 9.63 Å². The fourth-order valence-electron chi connectivity index (χ4n) is 1.40. The minimum Gasteiger partial charge on any atom is -0.313 e. The molecule has 6 heteroatoms. The Kier molecular flexibility index (Phi) is 3.70. The number of oxime groups is 1. The van der Waals surface area contributed by atoms with Gasteiger partial charge >= 0.3 is 5.97 Å². The number of hydrogen-bond donors (Lipinski definition) is 0. The molecule has 0 unspecified atom stereocenters. The van der Waals surface area contributed by atoms with Gasteiger partial charge in [-0.15, -0.1) is 0 Å². The molecule has 1 aromatic carbocycles. The van der Waals surface area contributed by atoms with E-state index >= 15 is 0 Å². The van der Waals surface area contributed by atoms with E-state index in [0.717, 1.165) is 0 Å². The zero-order valence-electron chi connectivity index (χ0n) is 10.7. The van der Waals surface area contributed by atoms with Crippen LogP contribution in [-0.4, -0.2) is 26.9 Å². The second-order valence-electron chi connectivity index (χ2n) is 4.47. The van der Waals surface area contributed by atoms with Crippen molar-refractivity contribution in [2.45, 2.75) is 19.4 Å². The molecule has 0 saturated carbocycles. The topological polar surface area (TPSA) is 69.4 Å². The standard InChI is InChI=1S/C13H14N4O2/c1-13(2,17-10-14-9-15-17)8-16-19-12(18)11-6-4-3-5-7-11/h3-10H,1-2H3/b16-8+. The van der Waals surface area contributed by atoms with E-state index in [-0.39, 0.29) is 0 Å². The van der Waals surface area contributed by atoms with Crippen molar-refractivity contribution in [1.29, 1.82) is 0 Å². The third-order valence-electron chi connectivity index (χ3n) is 2.52. The molecule has 1 heterocycles. The van der Waals surface area contributed by atoms with E-state index in [1.54, 1.807) is 35.3 Å². The quantitative estimate of drug-likeness (QED) is 0.477. The molecule has 0 saturated heterocycles. The number of benzene rings is 1. The molecule has 0 spiro atoms. The summed E-state index contributed by atoms with van der Waals surface area (Å²) in [4.78, 5) is 20.3. The van der Waals surface area contributed by atoms with Crippen LogP contribution in [0.1, 0.15) is 24.2 Å². The van der Waals surface area contributed by atoms with E-state index in [2.05, 4.69) is 15.2 Å². The van der Waals surface area contributed by atoms with Crippen molar-refractivity contribution in [2.75, 3.05) is 0 Å². The van der Waals surface area contributed by atoms with Crippen LogP contribution in [0.5, 0.6) is 0 Å². The molecule has 0 bridgehead atoms. The van der Waals surface area contributed by atoms with Gasteiger partial charge in [-0.2, -0.15) is 5.10 Å². The van der Waals surface area contributed by atoms with Crippen LogP contribution >= 0.6 is 0 Å². The Morgan fingerprint density at radius 3 is 2.74 bits per heavy atom. The van der Waals surface area contributed by atoms with Crippen molar-refractivity contribution in [3.05, 3.63) is 48.5 Å². The molecule has 0 aliphatic rings. The molecule has 0 aliphatic heterocycles. The van der Waals surface area contributed by atoms with Crippen LogP contribution in [0.3, 0.4) is 0 Å². The summed E-state index contributed by atoms with van der Waals surface area (Å²) in [5.74, 6) is -0.494. The van der Waals surface area contributed by atoms with Crippen LogP contribution in [0.2, 0.25) is 0 Å². The smallest absolute Gasteiger partial charge is 0.313 e. The minimum atomic E-state index is -0.520. The molecule has 2 aromatic rings. The van der Waals surface area contributed by atoms with E-state index in [0.29, 0.717) is 5.56 Å². The lowest BCUT2D eigenvalue weighted by molar-refractivity contribution is 0.0515. The highest BCUT2D eigenvalue weighted by Gasteiger charge is 2.18. The number of hydrogen-bond acceptors (Lipinski definition) is 5. The molecule has 0 radical (unpaired) electrons. The molecular formula is C13H14N4O2. The summed E-state index contributed by atoms with van der Waals surface area (Å²) in [6.45, 7) is 3.75. The first kappa shape index (κ1) is 12.9. The molecule has 6 nitrogen and oxygen atoms in total. The highest BCUT2D eigenvalue weighted by atomic mass is 16.7. The summed E-state index contributed by atoms with van der Waals surface area (Å²) in [7, 11) is 0. The Morgan fingerprint density at radius 2 is 2.11 bits per heavy atom. The van der Waals surface area contributed by atoms with Crippen LogP contribution < -0.4 is 0 Å². The Bertz CT molecular complexity index is 562. The summed E-state index contributed by atoms with van der Waals surface area (Å²) in [5, 5.41) is 7.73. The second-order valence-corrected chi connectivity index (χ2v) is 4.47. The summed E-state index contributed by atoms with van der Waals surface area (Å²) in [6.07, 6.45) is 4.51. The van der Waals surface area contributed by atoms with Crippen molar-refractivity contribution in [3.63, 3.8) is 0 Å². The number of carbonyl (C=O) groups excluding carboxylic acids is 1. The van der Waals surface area contributed by atoms with E-state index in [1.807, 2.05) is 19.9 Å². The largest absolute Gasteiger partial charge is 0.365 e. The lowest BCUT2D eigenvalue weighted by Gasteiger charge is -2.18. The van der Waals surface area contributed by atoms with Gasteiger partial charge in [-0.05, 0) is 26.0 Å². The van der Waals surface area contributed by atoms with E-state index in [1.165, 1.54) is 12.5 Å². The zero-order chi connectivity index (χ0) is 13.7. The van der Waals surface area contributed by atoms with Gasteiger partial charge in [0.15, 0.2) is 0 Å². The molecule has 0 amide bonds. The van der Waals surface area contributed by atoms with Crippen molar-refractivity contribution in [3.8, 4) is 0 Å². The summed E-state index contributed by atoms with van der Waals surface area (Å²) in [5.41, 5.74) is -0.0637. The Hall–Kier alpha value is -2.50. The lowest BCUT2D eigenvalue weighted by Crippen LogP contribution is -2.28. The average Bonchev–Trinajstić information content (AvgIpc) is 2.94. The van der Waals surface area contributed by atoms with Crippen LogP contribution in [0.4, 0.5) is 0 Å². The SMILES string of the molecule is CC(C)(/C=N/OC(=O)c1ccccc1)n1cncn1. The first-order chi connectivity index (χ1) is 9.09. The number of nitrogens with zero attached hydrogens (tertiary/aromatic N) is 4. The average molecular weight is 258 g/mol. The lowest BCUT2D eigenvalue weighted by atomic mass is 10.1. The van der Waals surface area contributed by atoms with Gasteiger partial charge in [0.05, 0.1) is 17.3 Å². The van der Waals surface area contributed by atoms with Gasteiger partial charge in [0.2, 0.25) is 0 Å². The fourth-order valence-corrected chi connectivity index (χ4v) is 1.40. The molecule has 0 aliphatic carbocycles. The Balaban J connectivity index is 1.99. The van der Waals surface area contributed by atoms with E-state index < -0.39 is 11.5 Å². The molecule has 2 rings (SSSR count). The highest BCUT2D eigenvalue weighted by molar-refractivity contribution is 5.89. The van der Waals surface area contributed by atoms with Gasteiger partial charge < -0.3 is 4.84 Å². The molecule has 0 N–H and O–H groups in total. The first-order valence-electron chi connectivity index (χ1n) is 5.75. The van der Waals surface area contributed by atoms with Crippen molar-refractivity contribution >= 4 is 12.2 Å². The number of carbonyl (C=O) groups is 1. The molecule has 98 valence electrons. The predicted octanol–water partition coefficient (Wildman–Crippen LogP) is 1.86. The maximum absolute atomic E-state index is 11.6. The third kappa shape index (κ3) is 3.25. The Morgan fingerprint density at radius 1 is 1.37 bits per heavy atom. The van der Waals surface area contributed by atoms with Gasteiger partial charge in [0.1, 0.15) is 12.7 Å². The van der Waals surface area contributed by atoms with Crippen molar-refractivity contribution in [1.82, 2.24) is 14.8 Å². The Labute approximate surface area is 110 Å². The van der Waals surface area contributed by atoms with E-state index in [4.69, 9.17) is 4.84 Å². The number of rotatable bonds is 4. The van der Waals surface area contributed by atoms with Crippen LogP contribution in [0.15, 0.2) is 48.1 Å². The maximum Gasteiger partial charge on any atom is 0.365 e. The monoisotopic (exact) mass is 258 g/mol. The van der Waals surface area contributed by atoms with Crippen molar-refractivity contribution in [2.24, 2.45) is 5.16 Å². The first-order valence-corrected chi connectivity index (χ1v) is 5.75. The van der Waals surface area contributed by atoms with Gasteiger partial charge in [0.25, 0.3) is 0 Å². The van der Waals surface area contributed by atoms with Crippen LogP contribution in [0.25, 0.3) is 0 Å². The predicted molar refractivity (Wildman–Crippen MR) is 69.7 cm³/mol. The minimum absolute atomic E-state index is 0.457. The molecule has 0 fully saturated rings. The van der Waals surface area contributed by atoms with Crippen LogP contribution in [-0.2, 0) is 10.4 Å². The second kappa shape index (κ2) is 5.43. The summed E-state index contributed by atoms with van der Waals surface area (Å²) < 4.78 is 1.62. The van der Waals surface area contributed by atoms with Gasteiger partial charge in [-0.1, -0.05) is 23.4 Å². The summed E-state index contributed by atoms with van der Waals surface area (Å²) >= 11 is 0. The summed E-state index contributed by atoms with van der Waals surface area (Å²) in [6, 6.07) is 8.69. The molecular weight excluding hydrogens is 244 g/mol. The normalized spacial score (nSPS) is 11.7. The van der Waals surface area contributed by atoms with Crippen LogP contribution in [0, 0.1) is 0 Å². The highest BCUT2D eigenvalue weighted by Crippen LogP contribution is 2.09. The van der Waals surface area contributed by atoms with Gasteiger partial charge in [-0.3, -0.25) is 0 Å². The fraction of sp³-hybridized carbons (Fsp3) is 0.231.